The van der Waals surface area contributed by atoms with Crippen molar-refractivity contribution in [1.82, 2.24) is 4.57 Å². The normalized spacial score (nSPS) is 11.9. The zero-order chi connectivity index (χ0) is 34.2. The topological polar surface area (TPSA) is 95.5 Å². The SMILES string of the molecule is C=Cc1ccc(C[n+]2ccn(CC(O)COCCCCCCCCCCCCCCCC)c2)cc1.C=Cc1ccc(S(=O)(=O)[O-])cc1. The molecule has 0 aliphatic carbocycles. The molecule has 0 spiro atoms. The number of nitrogens with zero attached hydrogens (tertiary/aromatic N) is 2. The first-order valence-corrected chi connectivity index (χ1v) is 18.9. The Morgan fingerprint density at radius 1 is 0.809 bits per heavy atom. The van der Waals surface area contributed by atoms with E-state index in [1.54, 1.807) is 6.08 Å². The fourth-order valence-corrected chi connectivity index (χ4v) is 5.76. The predicted molar refractivity (Wildman–Crippen MR) is 192 cm³/mol. The van der Waals surface area contributed by atoms with Crippen molar-refractivity contribution in [2.24, 2.45) is 0 Å². The van der Waals surface area contributed by atoms with Gasteiger partial charge in [-0.2, -0.15) is 0 Å². The molecule has 1 unspecified atom stereocenters. The second kappa shape index (κ2) is 24.2. The second-order valence-corrected chi connectivity index (χ2v) is 13.7. The molecule has 0 fully saturated rings. The first-order valence-electron chi connectivity index (χ1n) is 17.5. The lowest BCUT2D eigenvalue weighted by Gasteiger charge is -2.09. The molecule has 260 valence electrons. The molecule has 0 saturated heterocycles. The van der Waals surface area contributed by atoms with Crippen LogP contribution in [0.25, 0.3) is 12.2 Å². The Morgan fingerprint density at radius 3 is 1.79 bits per heavy atom. The van der Waals surface area contributed by atoms with Gasteiger partial charge in [0.05, 0.1) is 11.5 Å². The van der Waals surface area contributed by atoms with Gasteiger partial charge in [-0.25, -0.2) is 17.6 Å². The summed E-state index contributed by atoms with van der Waals surface area (Å²) in [5, 5.41) is 10.3. The van der Waals surface area contributed by atoms with Gasteiger partial charge in [0.25, 0.3) is 0 Å². The van der Waals surface area contributed by atoms with Gasteiger partial charge in [0, 0.05) is 6.61 Å². The van der Waals surface area contributed by atoms with E-state index < -0.39 is 16.2 Å². The summed E-state index contributed by atoms with van der Waals surface area (Å²) >= 11 is 0. The summed E-state index contributed by atoms with van der Waals surface area (Å²) in [6, 6.07) is 14.0. The van der Waals surface area contributed by atoms with E-state index in [0.717, 1.165) is 30.7 Å². The van der Waals surface area contributed by atoms with E-state index in [2.05, 4.69) is 48.9 Å². The third kappa shape index (κ3) is 18.8. The first kappa shape index (κ1) is 40.1. The van der Waals surface area contributed by atoms with E-state index >= 15 is 0 Å². The minimum absolute atomic E-state index is 0.215. The van der Waals surface area contributed by atoms with E-state index in [0.29, 0.717) is 13.2 Å². The summed E-state index contributed by atoms with van der Waals surface area (Å²) in [5.41, 5.74) is 3.16. The third-order valence-corrected chi connectivity index (χ3v) is 8.95. The van der Waals surface area contributed by atoms with Crippen LogP contribution in [0.4, 0.5) is 0 Å². The van der Waals surface area contributed by atoms with Crippen LogP contribution in [0.2, 0.25) is 0 Å². The van der Waals surface area contributed by atoms with Crippen LogP contribution in [-0.2, 0) is 27.9 Å². The Bertz CT molecular complexity index is 1350. The van der Waals surface area contributed by atoms with Gasteiger partial charge in [0.15, 0.2) is 0 Å². The number of rotatable bonds is 24. The number of aliphatic hydroxyl groups excluding tert-OH is 1. The smallest absolute Gasteiger partial charge is 0.244 e. The molecule has 1 atom stereocenters. The van der Waals surface area contributed by atoms with Crippen LogP contribution >= 0.6 is 0 Å². The number of hydrogen-bond donors (Lipinski definition) is 1. The number of aromatic nitrogens is 2. The lowest BCUT2D eigenvalue weighted by Crippen LogP contribution is -2.32. The minimum Gasteiger partial charge on any atom is -0.744 e. The number of benzene rings is 2. The molecule has 3 rings (SSSR count). The molecule has 1 N–H and O–H groups in total. The van der Waals surface area contributed by atoms with Crippen molar-refractivity contribution in [3.05, 3.63) is 97.1 Å². The highest BCUT2D eigenvalue weighted by Crippen LogP contribution is 2.13. The largest absolute Gasteiger partial charge is 0.744 e. The molecule has 8 heteroatoms. The summed E-state index contributed by atoms with van der Waals surface area (Å²) in [7, 11) is -4.31. The Kier molecular flexibility index (Phi) is 20.6. The Labute approximate surface area is 284 Å². The maximum absolute atomic E-state index is 10.5. The summed E-state index contributed by atoms with van der Waals surface area (Å²) < 4.78 is 41.2. The van der Waals surface area contributed by atoms with Crippen LogP contribution in [0, 0.1) is 0 Å². The maximum atomic E-state index is 10.5. The van der Waals surface area contributed by atoms with E-state index in [1.807, 2.05) is 29.4 Å². The molecule has 3 aromatic rings. The third-order valence-electron chi connectivity index (χ3n) is 8.11. The lowest BCUT2D eigenvalue weighted by atomic mass is 10.0. The predicted octanol–water partition coefficient (Wildman–Crippen LogP) is 8.56. The van der Waals surface area contributed by atoms with Crippen LogP contribution in [-0.4, -0.2) is 42.0 Å². The molecule has 2 aromatic carbocycles. The fourth-order valence-electron chi connectivity index (χ4n) is 5.29. The van der Waals surface area contributed by atoms with Crippen LogP contribution in [0.3, 0.4) is 0 Å². The molecule has 0 radical (unpaired) electrons. The van der Waals surface area contributed by atoms with Gasteiger partial charge < -0.3 is 14.4 Å². The van der Waals surface area contributed by atoms with Crippen molar-refractivity contribution in [3.63, 3.8) is 0 Å². The second-order valence-electron chi connectivity index (χ2n) is 12.3. The van der Waals surface area contributed by atoms with Crippen molar-refractivity contribution in [1.29, 1.82) is 0 Å². The van der Waals surface area contributed by atoms with Crippen LogP contribution in [0.15, 0.2) is 85.3 Å². The average Bonchev–Trinajstić information content (AvgIpc) is 3.51. The highest BCUT2D eigenvalue weighted by molar-refractivity contribution is 7.85. The molecule has 0 saturated carbocycles. The molecule has 7 nitrogen and oxygen atoms in total. The van der Waals surface area contributed by atoms with Crippen LogP contribution in [0.1, 0.15) is 114 Å². The zero-order valence-corrected chi connectivity index (χ0v) is 29.4. The molecular weight excluding hydrogens is 609 g/mol. The standard InChI is InChI=1S/C31H51N2O2.C8H8O3S/c1-3-5-6-7-8-9-10-11-12-13-14-15-16-17-24-35-27-31(34)26-33-23-22-32(28-33)25-30-20-18-29(4-2)19-21-30;1-2-7-3-5-8(6-4-7)12(9,10)11/h4,18-23,28,31,34H,2-3,5-17,24-27H2,1H3;2-6H,1H2,(H,9,10,11)/q+1;/p-1. The Balaban J connectivity index is 0.000000535. The van der Waals surface area contributed by atoms with Gasteiger partial charge >= 0.3 is 0 Å². The quantitative estimate of drug-likeness (QED) is 0.0587. The van der Waals surface area contributed by atoms with Gasteiger partial charge in [0.2, 0.25) is 6.33 Å². The van der Waals surface area contributed by atoms with Gasteiger partial charge in [-0.05, 0) is 35.2 Å². The number of aliphatic hydroxyl groups is 1. The van der Waals surface area contributed by atoms with Gasteiger partial charge in [-0.15, -0.1) is 0 Å². The maximum Gasteiger partial charge on any atom is 0.244 e. The van der Waals surface area contributed by atoms with E-state index in [4.69, 9.17) is 4.74 Å². The highest BCUT2D eigenvalue weighted by atomic mass is 32.2. The van der Waals surface area contributed by atoms with Crippen LogP contribution < -0.4 is 4.57 Å². The molecule has 1 heterocycles. The summed E-state index contributed by atoms with van der Waals surface area (Å²) in [6.45, 7) is 12.1. The Morgan fingerprint density at radius 2 is 1.30 bits per heavy atom. The van der Waals surface area contributed by atoms with Crippen molar-refractivity contribution in [3.8, 4) is 0 Å². The Hall–Kier alpha value is -3.04. The fraction of sp³-hybridized carbons (Fsp3) is 0.513. The van der Waals surface area contributed by atoms with Gasteiger partial charge in [-0.1, -0.05) is 152 Å². The molecule has 0 bridgehead atoms. The van der Waals surface area contributed by atoms with Gasteiger partial charge in [-0.3, -0.25) is 0 Å². The van der Waals surface area contributed by atoms with Gasteiger partial charge in [0.1, 0.15) is 41.7 Å². The molecule has 0 amide bonds. The van der Waals surface area contributed by atoms with E-state index in [1.165, 1.54) is 113 Å². The number of imidazole rings is 1. The molecule has 0 aliphatic rings. The summed E-state index contributed by atoms with van der Waals surface area (Å²) in [6.07, 6.45) is 28.1. The number of hydrogen-bond acceptors (Lipinski definition) is 5. The zero-order valence-electron chi connectivity index (χ0n) is 28.6. The van der Waals surface area contributed by atoms with E-state index in [9.17, 15) is 18.1 Å². The molecule has 47 heavy (non-hydrogen) atoms. The average molecular weight is 667 g/mol. The first-order chi connectivity index (χ1) is 22.7. The minimum atomic E-state index is -4.31. The van der Waals surface area contributed by atoms with Crippen molar-refractivity contribution in [2.75, 3.05) is 13.2 Å². The number of unbranched alkanes of at least 4 members (excludes halogenated alkanes) is 13. The molecule has 1 aromatic heterocycles. The van der Waals surface area contributed by atoms with Crippen molar-refractivity contribution < 1.29 is 27.4 Å². The monoisotopic (exact) mass is 666 g/mol. The van der Waals surface area contributed by atoms with Crippen molar-refractivity contribution in [2.45, 2.75) is 121 Å². The highest BCUT2D eigenvalue weighted by Gasteiger charge is 2.11. The van der Waals surface area contributed by atoms with E-state index in [-0.39, 0.29) is 4.90 Å². The summed E-state index contributed by atoms with van der Waals surface area (Å²) in [5.74, 6) is 0. The van der Waals surface area contributed by atoms with Crippen LogP contribution in [0.5, 0.6) is 0 Å². The molecule has 0 aliphatic heterocycles. The lowest BCUT2D eigenvalue weighted by molar-refractivity contribution is -0.687. The van der Waals surface area contributed by atoms with Crippen molar-refractivity contribution >= 4 is 22.3 Å². The molecular formula is C39H58N2O5S. The summed E-state index contributed by atoms with van der Waals surface area (Å²) in [4.78, 5) is -0.215. The number of ether oxygens (including phenoxy) is 1.